The Morgan fingerprint density at radius 3 is 2.42 bits per heavy atom. The molecule has 24 heavy (non-hydrogen) atoms. The van der Waals surface area contributed by atoms with Crippen molar-refractivity contribution in [3.8, 4) is 0 Å². The Labute approximate surface area is 142 Å². The first-order valence-corrected chi connectivity index (χ1v) is 8.52. The van der Waals surface area contributed by atoms with Crippen molar-refractivity contribution < 1.29 is 14.3 Å². The van der Waals surface area contributed by atoms with Crippen LogP contribution in [0.1, 0.15) is 35.8 Å². The van der Waals surface area contributed by atoms with Crippen molar-refractivity contribution in [3.05, 3.63) is 17.5 Å². The van der Waals surface area contributed by atoms with Crippen molar-refractivity contribution in [2.45, 2.75) is 26.7 Å². The van der Waals surface area contributed by atoms with Crippen molar-refractivity contribution in [1.29, 1.82) is 0 Å². The number of morpholine rings is 1. The Balaban J connectivity index is 1.59. The number of aryl methyl sites for hydroxylation is 1. The molecule has 0 spiro atoms. The number of hydrogen-bond donors (Lipinski definition) is 0. The van der Waals surface area contributed by atoms with Crippen LogP contribution < -0.4 is 4.90 Å². The first kappa shape index (κ1) is 16.8. The number of hydrogen-bond acceptors (Lipinski definition) is 6. The maximum absolute atomic E-state index is 12.6. The van der Waals surface area contributed by atoms with E-state index in [2.05, 4.69) is 14.9 Å². The molecular weight excluding hydrogens is 308 g/mol. The number of anilines is 1. The highest BCUT2D eigenvalue weighted by atomic mass is 16.5. The van der Waals surface area contributed by atoms with Gasteiger partial charge in [-0.25, -0.2) is 9.97 Å². The molecule has 130 valence electrons. The van der Waals surface area contributed by atoms with Gasteiger partial charge in [0, 0.05) is 38.3 Å². The Bertz CT molecular complexity index is 620. The van der Waals surface area contributed by atoms with Gasteiger partial charge in [0.15, 0.2) is 5.78 Å². The minimum Gasteiger partial charge on any atom is -0.378 e. The summed E-state index contributed by atoms with van der Waals surface area (Å²) in [5.41, 5.74) is 1.27. The minimum atomic E-state index is -0.0196. The van der Waals surface area contributed by atoms with Gasteiger partial charge in [-0.1, -0.05) is 0 Å². The second-order valence-electron chi connectivity index (χ2n) is 6.42. The Kier molecular flexibility index (Phi) is 5.08. The van der Waals surface area contributed by atoms with Crippen molar-refractivity contribution in [3.63, 3.8) is 0 Å². The zero-order valence-electron chi connectivity index (χ0n) is 14.3. The molecule has 0 aliphatic carbocycles. The molecule has 0 radical (unpaired) electrons. The number of piperidine rings is 1. The van der Waals surface area contributed by atoms with Crippen LogP contribution in [0.2, 0.25) is 0 Å². The molecule has 0 N–H and O–H groups in total. The summed E-state index contributed by atoms with van der Waals surface area (Å²) in [6.45, 7) is 7.56. The van der Waals surface area contributed by atoms with Gasteiger partial charge in [-0.05, 0) is 26.7 Å². The molecule has 2 saturated heterocycles. The number of rotatable bonds is 3. The van der Waals surface area contributed by atoms with E-state index in [1.54, 1.807) is 6.20 Å². The number of aromatic nitrogens is 2. The maximum Gasteiger partial charge on any atom is 0.225 e. The van der Waals surface area contributed by atoms with Crippen LogP contribution >= 0.6 is 0 Å². The lowest BCUT2D eigenvalue weighted by Gasteiger charge is -2.35. The smallest absolute Gasteiger partial charge is 0.225 e. The first-order chi connectivity index (χ1) is 11.6. The van der Waals surface area contributed by atoms with Crippen LogP contribution in [0.3, 0.4) is 0 Å². The zero-order valence-corrected chi connectivity index (χ0v) is 14.3. The average Bonchev–Trinajstić information content (AvgIpc) is 2.61. The third kappa shape index (κ3) is 3.56. The zero-order chi connectivity index (χ0) is 17.1. The fourth-order valence-corrected chi connectivity index (χ4v) is 3.32. The summed E-state index contributed by atoms with van der Waals surface area (Å²) in [5.74, 6) is 0.961. The number of ether oxygens (including phenoxy) is 1. The number of ketones is 1. The van der Waals surface area contributed by atoms with Crippen molar-refractivity contribution in [1.82, 2.24) is 14.9 Å². The van der Waals surface area contributed by atoms with Gasteiger partial charge in [0.1, 0.15) is 0 Å². The highest BCUT2D eigenvalue weighted by Gasteiger charge is 2.30. The third-order valence-corrected chi connectivity index (χ3v) is 4.80. The standard InChI is InChI=1S/C17H24N4O3/c1-12-15(13(2)22)11-18-17(19-12)21-5-3-14(4-6-21)16(23)20-7-9-24-10-8-20/h11,14H,3-10H2,1-2H3. The Morgan fingerprint density at radius 2 is 1.83 bits per heavy atom. The molecule has 1 aromatic heterocycles. The summed E-state index contributed by atoms with van der Waals surface area (Å²) in [6.07, 6.45) is 3.23. The van der Waals surface area contributed by atoms with Crippen LogP contribution in [0.5, 0.6) is 0 Å². The van der Waals surface area contributed by atoms with E-state index in [4.69, 9.17) is 4.74 Å². The summed E-state index contributed by atoms with van der Waals surface area (Å²) < 4.78 is 5.31. The van der Waals surface area contributed by atoms with Gasteiger partial charge in [0.05, 0.1) is 24.5 Å². The molecule has 2 aliphatic rings. The molecule has 0 unspecified atom stereocenters. The van der Waals surface area contributed by atoms with Gasteiger partial charge in [-0.2, -0.15) is 0 Å². The largest absolute Gasteiger partial charge is 0.378 e. The molecule has 7 heteroatoms. The summed E-state index contributed by atoms with van der Waals surface area (Å²) in [4.78, 5) is 36.8. The molecule has 3 rings (SSSR count). The molecule has 0 saturated carbocycles. The third-order valence-electron chi connectivity index (χ3n) is 4.80. The quantitative estimate of drug-likeness (QED) is 0.771. The molecule has 3 heterocycles. The SMILES string of the molecule is CC(=O)c1cnc(N2CCC(C(=O)N3CCOCC3)CC2)nc1C. The fourth-order valence-electron chi connectivity index (χ4n) is 3.32. The lowest BCUT2D eigenvalue weighted by molar-refractivity contribution is -0.140. The maximum atomic E-state index is 12.6. The van der Waals surface area contributed by atoms with Crippen LogP contribution in [-0.4, -0.2) is 66.0 Å². The Hall–Kier alpha value is -2.02. The van der Waals surface area contributed by atoms with Crippen LogP contribution in [0.25, 0.3) is 0 Å². The van der Waals surface area contributed by atoms with Crippen molar-refractivity contribution in [2.75, 3.05) is 44.3 Å². The van der Waals surface area contributed by atoms with Crippen molar-refractivity contribution >= 4 is 17.6 Å². The van der Waals surface area contributed by atoms with Crippen LogP contribution in [0.15, 0.2) is 6.20 Å². The Morgan fingerprint density at radius 1 is 1.17 bits per heavy atom. The van der Waals surface area contributed by atoms with E-state index in [1.807, 2.05) is 11.8 Å². The van der Waals surface area contributed by atoms with E-state index in [0.717, 1.165) is 25.9 Å². The van der Waals surface area contributed by atoms with E-state index in [9.17, 15) is 9.59 Å². The van der Waals surface area contributed by atoms with Gasteiger partial charge in [0.2, 0.25) is 11.9 Å². The van der Waals surface area contributed by atoms with Gasteiger partial charge in [0.25, 0.3) is 0 Å². The average molecular weight is 332 g/mol. The highest BCUT2D eigenvalue weighted by Crippen LogP contribution is 2.23. The van der Waals surface area contributed by atoms with Crippen molar-refractivity contribution in [2.24, 2.45) is 5.92 Å². The molecular formula is C17H24N4O3. The van der Waals surface area contributed by atoms with E-state index >= 15 is 0 Å². The lowest BCUT2D eigenvalue weighted by Crippen LogP contribution is -2.47. The highest BCUT2D eigenvalue weighted by molar-refractivity contribution is 5.94. The molecule has 0 bridgehead atoms. The van der Waals surface area contributed by atoms with Gasteiger partial charge >= 0.3 is 0 Å². The van der Waals surface area contributed by atoms with Gasteiger partial charge in [-0.15, -0.1) is 0 Å². The lowest BCUT2D eigenvalue weighted by atomic mass is 9.95. The number of amides is 1. The predicted octanol–water partition coefficient (Wildman–Crippen LogP) is 1.06. The number of carbonyl (C=O) groups is 2. The fraction of sp³-hybridized carbons (Fsp3) is 0.647. The second kappa shape index (κ2) is 7.25. The number of nitrogens with zero attached hydrogens (tertiary/aromatic N) is 4. The topological polar surface area (TPSA) is 75.6 Å². The van der Waals surface area contributed by atoms with E-state index < -0.39 is 0 Å². The molecule has 0 aromatic carbocycles. The molecule has 1 aromatic rings. The first-order valence-electron chi connectivity index (χ1n) is 8.52. The normalized spacial score (nSPS) is 19.4. The van der Waals surface area contributed by atoms with Crippen LogP contribution in [0, 0.1) is 12.8 Å². The summed E-state index contributed by atoms with van der Waals surface area (Å²) in [5, 5.41) is 0. The molecule has 2 aliphatic heterocycles. The summed E-state index contributed by atoms with van der Waals surface area (Å²) in [7, 11) is 0. The van der Waals surface area contributed by atoms with E-state index in [-0.39, 0.29) is 17.6 Å². The van der Waals surface area contributed by atoms with E-state index in [0.29, 0.717) is 43.5 Å². The number of Topliss-reactive ketones (excluding diaryl/α,β-unsaturated/α-hetero) is 1. The monoisotopic (exact) mass is 332 g/mol. The number of carbonyl (C=O) groups excluding carboxylic acids is 2. The van der Waals surface area contributed by atoms with Gasteiger partial charge < -0.3 is 14.5 Å². The van der Waals surface area contributed by atoms with Crippen LogP contribution in [0.4, 0.5) is 5.95 Å². The second-order valence-corrected chi connectivity index (χ2v) is 6.42. The molecule has 1 amide bonds. The molecule has 0 atom stereocenters. The van der Waals surface area contributed by atoms with Crippen LogP contribution in [-0.2, 0) is 9.53 Å². The summed E-state index contributed by atoms with van der Waals surface area (Å²) in [6, 6.07) is 0. The predicted molar refractivity (Wildman–Crippen MR) is 89.1 cm³/mol. The minimum absolute atomic E-state index is 0.0196. The van der Waals surface area contributed by atoms with Gasteiger partial charge in [-0.3, -0.25) is 9.59 Å². The van der Waals surface area contributed by atoms with E-state index in [1.165, 1.54) is 6.92 Å². The molecule has 2 fully saturated rings. The summed E-state index contributed by atoms with van der Waals surface area (Å²) >= 11 is 0. The molecule has 7 nitrogen and oxygen atoms in total.